The molecule has 0 bridgehead atoms. The van der Waals surface area contributed by atoms with Gasteiger partial charge in [0.05, 0.1) is 5.75 Å². The Morgan fingerprint density at radius 2 is 2.33 bits per heavy atom. The minimum absolute atomic E-state index is 0.0579. The zero-order chi connectivity index (χ0) is 11.3. The van der Waals surface area contributed by atoms with Gasteiger partial charge in [0.2, 0.25) is 10.0 Å². The molecule has 3 N–H and O–H groups in total. The number of hydrogen-bond donors (Lipinski definition) is 2. The zero-order valence-corrected chi connectivity index (χ0v) is 9.37. The molecule has 0 fully saturated rings. The summed E-state index contributed by atoms with van der Waals surface area (Å²) in [5, 5.41) is 7.94. The first-order valence-corrected chi connectivity index (χ1v) is 6.34. The number of nitrogens with one attached hydrogen (secondary N) is 1. The molecule has 0 aliphatic heterocycles. The van der Waals surface area contributed by atoms with Crippen LogP contribution in [0.15, 0.2) is 24.5 Å². The van der Waals surface area contributed by atoms with Crippen molar-refractivity contribution in [3.63, 3.8) is 0 Å². The second-order valence-corrected chi connectivity index (χ2v) is 5.06. The molecule has 15 heavy (non-hydrogen) atoms. The Kier molecular flexibility index (Phi) is 4.19. The van der Waals surface area contributed by atoms with Gasteiger partial charge in [0.25, 0.3) is 0 Å². The topological polar surface area (TPSA) is 85.1 Å². The minimum Gasteiger partial charge on any atom is -0.309 e. The zero-order valence-electron chi connectivity index (χ0n) is 8.55. The van der Waals surface area contributed by atoms with E-state index in [0.29, 0.717) is 6.54 Å². The van der Waals surface area contributed by atoms with Gasteiger partial charge in [0.15, 0.2) is 0 Å². The Morgan fingerprint density at radius 3 is 2.87 bits per heavy atom. The van der Waals surface area contributed by atoms with Crippen LogP contribution in [0.1, 0.15) is 18.5 Å². The largest absolute Gasteiger partial charge is 0.309 e. The first-order valence-electron chi connectivity index (χ1n) is 4.63. The molecule has 0 radical (unpaired) electrons. The lowest BCUT2D eigenvalue weighted by Crippen LogP contribution is -2.28. The molecule has 6 heteroatoms. The van der Waals surface area contributed by atoms with Crippen molar-refractivity contribution in [3.8, 4) is 0 Å². The summed E-state index contributed by atoms with van der Waals surface area (Å²) in [5.74, 6) is -0.0579. The van der Waals surface area contributed by atoms with E-state index in [0.717, 1.165) is 5.56 Å². The predicted molar refractivity (Wildman–Crippen MR) is 58.6 cm³/mol. The maximum absolute atomic E-state index is 10.7. The molecule has 1 rings (SSSR count). The molecule has 1 heterocycles. The number of rotatable bonds is 5. The third kappa shape index (κ3) is 4.87. The molecule has 1 atom stereocenters. The van der Waals surface area contributed by atoms with Crippen molar-refractivity contribution < 1.29 is 8.42 Å². The van der Waals surface area contributed by atoms with E-state index < -0.39 is 10.0 Å². The number of pyridine rings is 1. The maximum Gasteiger partial charge on any atom is 0.210 e. The van der Waals surface area contributed by atoms with Crippen LogP contribution in [-0.4, -0.2) is 25.7 Å². The summed E-state index contributed by atoms with van der Waals surface area (Å²) in [6.45, 7) is 2.29. The van der Waals surface area contributed by atoms with Gasteiger partial charge in [-0.2, -0.15) is 0 Å². The van der Waals surface area contributed by atoms with Crippen molar-refractivity contribution in [1.82, 2.24) is 10.3 Å². The van der Waals surface area contributed by atoms with E-state index in [1.165, 1.54) is 0 Å². The Bertz CT molecular complexity index is 391. The maximum atomic E-state index is 10.7. The molecule has 0 aliphatic carbocycles. The minimum atomic E-state index is -3.38. The van der Waals surface area contributed by atoms with Gasteiger partial charge < -0.3 is 5.32 Å². The molecule has 1 aromatic heterocycles. The van der Waals surface area contributed by atoms with Crippen molar-refractivity contribution in [2.75, 3.05) is 12.3 Å². The van der Waals surface area contributed by atoms with E-state index >= 15 is 0 Å². The van der Waals surface area contributed by atoms with Gasteiger partial charge in [-0.25, -0.2) is 13.6 Å². The third-order valence-electron chi connectivity index (χ3n) is 2.02. The molecule has 0 unspecified atom stereocenters. The van der Waals surface area contributed by atoms with Crippen LogP contribution in [-0.2, 0) is 10.0 Å². The van der Waals surface area contributed by atoms with E-state index in [-0.39, 0.29) is 11.8 Å². The van der Waals surface area contributed by atoms with Crippen LogP contribution >= 0.6 is 0 Å². The molecule has 0 spiro atoms. The quantitative estimate of drug-likeness (QED) is 0.745. The molecule has 0 amide bonds. The summed E-state index contributed by atoms with van der Waals surface area (Å²) in [5.41, 5.74) is 1.02. The lowest BCUT2D eigenvalue weighted by Gasteiger charge is -2.12. The van der Waals surface area contributed by atoms with E-state index in [4.69, 9.17) is 5.14 Å². The van der Waals surface area contributed by atoms with Crippen molar-refractivity contribution >= 4 is 10.0 Å². The fourth-order valence-corrected chi connectivity index (χ4v) is 1.57. The fraction of sp³-hybridized carbons (Fsp3) is 0.444. The molecule has 1 aromatic rings. The number of nitrogens with zero attached hydrogens (tertiary/aromatic N) is 1. The number of aromatic nitrogens is 1. The second kappa shape index (κ2) is 5.20. The predicted octanol–water partition coefficient (Wildman–Crippen LogP) is 0.0207. The molecule has 0 saturated heterocycles. The van der Waals surface area contributed by atoms with Crippen molar-refractivity contribution in [3.05, 3.63) is 30.1 Å². The van der Waals surface area contributed by atoms with Crippen LogP contribution in [0, 0.1) is 0 Å². The summed E-state index contributed by atoms with van der Waals surface area (Å²) in [7, 11) is -3.38. The summed E-state index contributed by atoms with van der Waals surface area (Å²) in [6.07, 6.45) is 3.44. The molecule has 0 saturated carbocycles. The highest BCUT2D eigenvalue weighted by atomic mass is 32.2. The number of primary sulfonamides is 1. The molecular weight excluding hydrogens is 214 g/mol. The van der Waals surface area contributed by atoms with Gasteiger partial charge in [-0.15, -0.1) is 0 Å². The average Bonchev–Trinajstić information content (AvgIpc) is 2.17. The summed E-state index contributed by atoms with van der Waals surface area (Å²) in [6, 6.07) is 3.84. The average molecular weight is 229 g/mol. The van der Waals surface area contributed by atoms with Crippen LogP contribution in [0.3, 0.4) is 0 Å². The Labute approximate surface area is 89.8 Å². The Morgan fingerprint density at radius 1 is 1.60 bits per heavy atom. The van der Waals surface area contributed by atoms with E-state index in [9.17, 15) is 8.42 Å². The van der Waals surface area contributed by atoms with Gasteiger partial charge in [0, 0.05) is 25.0 Å². The highest BCUT2D eigenvalue weighted by Crippen LogP contribution is 2.08. The first-order chi connectivity index (χ1) is 6.99. The summed E-state index contributed by atoms with van der Waals surface area (Å²) in [4.78, 5) is 3.98. The molecule has 84 valence electrons. The molecular formula is C9H15N3O2S. The van der Waals surface area contributed by atoms with Crippen molar-refractivity contribution in [2.45, 2.75) is 13.0 Å². The van der Waals surface area contributed by atoms with Crippen molar-refractivity contribution in [2.24, 2.45) is 5.14 Å². The normalized spacial score (nSPS) is 13.7. The Balaban J connectivity index is 2.41. The van der Waals surface area contributed by atoms with E-state index in [2.05, 4.69) is 10.3 Å². The monoisotopic (exact) mass is 229 g/mol. The highest BCUT2D eigenvalue weighted by Gasteiger charge is 2.06. The van der Waals surface area contributed by atoms with Gasteiger partial charge in [-0.3, -0.25) is 4.98 Å². The molecule has 5 nitrogen and oxygen atoms in total. The van der Waals surface area contributed by atoms with Crippen LogP contribution in [0.4, 0.5) is 0 Å². The van der Waals surface area contributed by atoms with Crippen LogP contribution in [0.25, 0.3) is 0 Å². The van der Waals surface area contributed by atoms with Gasteiger partial charge in [0.1, 0.15) is 0 Å². The van der Waals surface area contributed by atoms with Gasteiger partial charge in [-0.05, 0) is 18.6 Å². The smallest absolute Gasteiger partial charge is 0.210 e. The third-order valence-corrected chi connectivity index (χ3v) is 2.79. The molecule has 0 aliphatic rings. The first kappa shape index (κ1) is 12.1. The molecule has 0 aromatic carbocycles. The highest BCUT2D eigenvalue weighted by molar-refractivity contribution is 7.89. The fourth-order valence-electron chi connectivity index (χ4n) is 1.17. The van der Waals surface area contributed by atoms with Crippen LogP contribution in [0.2, 0.25) is 0 Å². The van der Waals surface area contributed by atoms with E-state index in [1.807, 2.05) is 19.1 Å². The lowest BCUT2D eigenvalue weighted by atomic mass is 10.1. The van der Waals surface area contributed by atoms with Crippen molar-refractivity contribution in [1.29, 1.82) is 0 Å². The summed E-state index contributed by atoms with van der Waals surface area (Å²) < 4.78 is 21.3. The standard InChI is InChI=1S/C9H15N3O2S/c1-8(9-3-2-4-11-7-9)12-5-6-15(10,13)14/h2-4,7-8,12H,5-6H2,1H3,(H2,10,13,14)/t8-/m0/s1. The lowest BCUT2D eigenvalue weighted by molar-refractivity contribution is 0.572. The van der Waals surface area contributed by atoms with Crippen LogP contribution in [0.5, 0.6) is 0 Å². The number of sulfonamides is 1. The van der Waals surface area contributed by atoms with Crippen LogP contribution < -0.4 is 10.5 Å². The summed E-state index contributed by atoms with van der Waals surface area (Å²) >= 11 is 0. The van der Waals surface area contributed by atoms with E-state index in [1.54, 1.807) is 12.4 Å². The second-order valence-electron chi connectivity index (χ2n) is 3.33. The van der Waals surface area contributed by atoms with Gasteiger partial charge >= 0.3 is 0 Å². The number of hydrogen-bond acceptors (Lipinski definition) is 4. The number of nitrogens with two attached hydrogens (primary N) is 1. The SMILES string of the molecule is C[C@H](NCCS(N)(=O)=O)c1cccnc1. The Hall–Kier alpha value is -0.980. The van der Waals surface area contributed by atoms with Gasteiger partial charge in [-0.1, -0.05) is 6.07 Å².